The van der Waals surface area contributed by atoms with E-state index >= 15 is 0 Å². The summed E-state index contributed by atoms with van der Waals surface area (Å²) in [5.41, 5.74) is 3.11. The number of Topliss-reactive ketones (excluding diaryl/α,β-unsaturated/α-hetero) is 1. The van der Waals surface area contributed by atoms with Gasteiger partial charge in [-0.05, 0) is 41.7 Å². The number of ether oxygens (including phenoxy) is 1. The number of nitro benzene ring substituents is 1. The normalized spacial score (nSPS) is 13.9. The fourth-order valence-corrected chi connectivity index (χ4v) is 5.22. The van der Waals surface area contributed by atoms with Crippen molar-refractivity contribution in [2.24, 2.45) is 5.41 Å². The number of benzene rings is 3. The van der Waals surface area contributed by atoms with E-state index in [-0.39, 0.29) is 34.0 Å². The fourth-order valence-electron chi connectivity index (χ4n) is 5.22. The highest BCUT2D eigenvalue weighted by Gasteiger charge is 2.38. The number of aromatic nitrogens is 2. The highest BCUT2D eigenvalue weighted by Crippen LogP contribution is 2.41. The topological polar surface area (TPSA) is 108 Å². The maximum Gasteiger partial charge on any atom is 0.295 e. The molecule has 0 spiro atoms. The van der Waals surface area contributed by atoms with E-state index in [4.69, 9.17) is 9.84 Å². The maximum absolute atomic E-state index is 13.3. The van der Waals surface area contributed by atoms with E-state index in [1.807, 2.05) is 68.4 Å². The lowest BCUT2D eigenvalue weighted by Gasteiger charge is -2.29. The molecule has 0 radical (unpaired) electrons. The number of hydrogen-bond donors (Lipinski definition) is 0. The average molecular weight is 539 g/mol. The van der Waals surface area contributed by atoms with E-state index in [9.17, 15) is 19.7 Å². The van der Waals surface area contributed by atoms with Crippen LogP contribution in [0.2, 0.25) is 0 Å². The summed E-state index contributed by atoms with van der Waals surface area (Å²) in [7, 11) is 3.23. The second kappa shape index (κ2) is 10.4. The first-order valence-corrected chi connectivity index (χ1v) is 13.0. The molecule has 0 saturated heterocycles. The van der Waals surface area contributed by atoms with Crippen LogP contribution in [-0.4, -0.2) is 45.5 Å². The van der Waals surface area contributed by atoms with Gasteiger partial charge in [-0.15, -0.1) is 0 Å². The molecule has 1 heterocycles. The Kier molecular flexibility index (Phi) is 6.97. The van der Waals surface area contributed by atoms with Crippen molar-refractivity contribution in [2.75, 3.05) is 14.2 Å². The summed E-state index contributed by atoms with van der Waals surface area (Å²) in [5, 5.41) is 17.0. The monoisotopic (exact) mass is 538 g/mol. The van der Waals surface area contributed by atoms with Crippen LogP contribution in [0.25, 0.3) is 16.9 Å². The number of ketones is 1. The van der Waals surface area contributed by atoms with Gasteiger partial charge in [-0.25, -0.2) is 4.68 Å². The van der Waals surface area contributed by atoms with E-state index in [0.717, 1.165) is 11.1 Å². The summed E-state index contributed by atoms with van der Waals surface area (Å²) in [6, 6.07) is 21.1. The van der Waals surface area contributed by atoms with Crippen LogP contribution in [0.4, 0.5) is 5.69 Å². The summed E-state index contributed by atoms with van der Waals surface area (Å²) in [4.78, 5) is 39.9. The van der Waals surface area contributed by atoms with Crippen LogP contribution in [0.15, 0.2) is 72.8 Å². The van der Waals surface area contributed by atoms with Gasteiger partial charge < -0.3 is 9.64 Å². The van der Waals surface area contributed by atoms with Gasteiger partial charge >= 0.3 is 0 Å². The summed E-state index contributed by atoms with van der Waals surface area (Å²) < 4.78 is 6.70. The van der Waals surface area contributed by atoms with Crippen LogP contribution in [-0.2, 0) is 13.0 Å². The van der Waals surface area contributed by atoms with Crippen molar-refractivity contribution < 1.29 is 19.2 Å². The van der Waals surface area contributed by atoms with Gasteiger partial charge in [0.05, 0.1) is 23.3 Å². The minimum Gasteiger partial charge on any atom is -0.497 e. The molecule has 1 aliphatic carbocycles. The highest BCUT2D eigenvalue weighted by atomic mass is 16.6. The number of fused-ring (bicyclic) bond motifs is 1. The summed E-state index contributed by atoms with van der Waals surface area (Å²) >= 11 is 0. The minimum absolute atomic E-state index is 0.0361. The van der Waals surface area contributed by atoms with Crippen LogP contribution in [0.3, 0.4) is 0 Å². The third-order valence-corrected chi connectivity index (χ3v) is 7.16. The predicted molar refractivity (Wildman–Crippen MR) is 151 cm³/mol. The number of nitro groups is 1. The molecule has 1 aliphatic rings. The van der Waals surface area contributed by atoms with Gasteiger partial charge in [0.2, 0.25) is 0 Å². The maximum atomic E-state index is 13.3. The van der Waals surface area contributed by atoms with E-state index < -0.39 is 4.92 Å². The van der Waals surface area contributed by atoms with Crippen LogP contribution >= 0.6 is 0 Å². The molecule has 204 valence electrons. The number of rotatable bonds is 7. The van der Waals surface area contributed by atoms with Gasteiger partial charge in [0.15, 0.2) is 5.78 Å². The molecule has 0 bridgehead atoms. The van der Waals surface area contributed by atoms with Crippen LogP contribution < -0.4 is 4.74 Å². The van der Waals surface area contributed by atoms with Crippen molar-refractivity contribution in [1.82, 2.24) is 14.7 Å². The minimum atomic E-state index is -0.512. The molecular weight excluding hydrogens is 508 g/mol. The number of hydrogen-bond acceptors (Lipinski definition) is 6. The lowest BCUT2D eigenvalue weighted by atomic mass is 9.75. The molecule has 0 unspecified atom stereocenters. The molecule has 3 aromatic carbocycles. The molecule has 0 N–H and O–H groups in total. The lowest BCUT2D eigenvalue weighted by Crippen LogP contribution is -2.28. The van der Waals surface area contributed by atoms with Crippen molar-refractivity contribution in [2.45, 2.75) is 33.2 Å². The van der Waals surface area contributed by atoms with E-state index in [0.29, 0.717) is 42.1 Å². The predicted octanol–water partition coefficient (Wildman–Crippen LogP) is 5.88. The Hall–Kier alpha value is -4.79. The lowest BCUT2D eigenvalue weighted by molar-refractivity contribution is -0.384. The van der Waals surface area contributed by atoms with Gasteiger partial charge in [0.1, 0.15) is 17.1 Å². The van der Waals surface area contributed by atoms with Gasteiger partial charge in [-0.2, -0.15) is 5.10 Å². The second-order valence-electron chi connectivity index (χ2n) is 10.9. The first kappa shape index (κ1) is 26.8. The molecule has 4 aromatic rings. The van der Waals surface area contributed by atoms with Gasteiger partial charge in [-0.3, -0.25) is 19.7 Å². The van der Waals surface area contributed by atoms with Crippen molar-refractivity contribution >= 4 is 17.4 Å². The molecular formula is C31H30N4O5. The summed E-state index contributed by atoms with van der Waals surface area (Å²) in [5.74, 6) is 0.325. The molecule has 0 atom stereocenters. The van der Waals surface area contributed by atoms with E-state index in [1.54, 1.807) is 26.3 Å². The van der Waals surface area contributed by atoms with Crippen molar-refractivity contribution in [3.63, 3.8) is 0 Å². The third-order valence-electron chi connectivity index (χ3n) is 7.16. The largest absolute Gasteiger partial charge is 0.497 e. The molecule has 1 aromatic heterocycles. The van der Waals surface area contributed by atoms with Crippen LogP contribution in [0, 0.1) is 15.5 Å². The van der Waals surface area contributed by atoms with Crippen molar-refractivity contribution in [3.05, 3.63) is 105 Å². The van der Waals surface area contributed by atoms with Gasteiger partial charge in [-0.1, -0.05) is 56.3 Å². The Labute approximate surface area is 232 Å². The summed E-state index contributed by atoms with van der Waals surface area (Å²) in [6.45, 7) is 4.33. The number of amides is 1. The Bertz CT molecular complexity index is 1610. The average Bonchev–Trinajstić information content (AvgIpc) is 3.31. The van der Waals surface area contributed by atoms with E-state index in [2.05, 4.69) is 0 Å². The molecule has 0 aliphatic heterocycles. The molecule has 40 heavy (non-hydrogen) atoms. The van der Waals surface area contributed by atoms with Gasteiger partial charge in [0.25, 0.3) is 11.6 Å². The Morgan fingerprint density at radius 1 is 1.07 bits per heavy atom. The Morgan fingerprint density at radius 3 is 2.42 bits per heavy atom. The number of methoxy groups -OCH3 is 1. The molecule has 0 saturated carbocycles. The standard InChI is InChI=1S/C31H30N4O5/c1-31(2)17-26-28(27(36)18-31)29(21-8-6-5-7-9-21)32-34(26)24-15-12-22(16-25(24)35(38)39)30(37)33(3)19-20-10-13-23(40-4)14-11-20/h5-16H,17-19H2,1-4H3. The summed E-state index contributed by atoms with van der Waals surface area (Å²) in [6.07, 6.45) is 0.887. The number of carbonyl (C=O) groups excluding carboxylic acids is 2. The zero-order chi connectivity index (χ0) is 28.6. The Morgan fingerprint density at radius 2 is 1.77 bits per heavy atom. The smallest absolute Gasteiger partial charge is 0.295 e. The molecule has 1 amide bonds. The first-order valence-electron chi connectivity index (χ1n) is 13.0. The molecule has 9 nitrogen and oxygen atoms in total. The zero-order valence-electron chi connectivity index (χ0n) is 22.9. The third kappa shape index (κ3) is 5.10. The van der Waals surface area contributed by atoms with Crippen molar-refractivity contribution in [3.8, 4) is 22.7 Å². The Balaban J connectivity index is 1.55. The zero-order valence-corrected chi connectivity index (χ0v) is 22.9. The van der Waals surface area contributed by atoms with E-state index in [1.165, 1.54) is 15.6 Å². The quantitative estimate of drug-likeness (QED) is 0.215. The number of nitrogens with zero attached hydrogens (tertiary/aromatic N) is 4. The molecule has 0 fully saturated rings. The van der Waals surface area contributed by atoms with Crippen LogP contribution in [0.5, 0.6) is 5.75 Å². The molecule has 9 heteroatoms. The van der Waals surface area contributed by atoms with Gasteiger partial charge in [0, 0.05) is 37.2 Å². The molecule has 5 rings (SSSR count). The highest BCUT2D eigenvalue weighted by molar-refractivity contribution is 6.04. The SMILES string of the molecule is COc1ccc(CN(C)C(=O)c2ccc(-n3nc(-c4ccccc4)c4c3CC(C)(C)CC4=O)c([N+](=O)[O-])c2)cc1. The van der Waals surface area contributed by atoms with Crippen molar-refractivity contribution in [1.29, 1.82) is 0 Å². The first-order chi connectivity index (χ1) is 19.1. The second-order valence-corrected chi connectivity index (χ2v) is 10.9. The fraction of sp³-hybridized carbons (Fsp3) is 0.258. The van der Waals surface area contributed by atoms with Crippen LogP contribution in [0.1, 0.15) is 52.2 Å². The number of carbonyl (C=O) groups is 2.